The zero-order chi connectivity index (χ0) is 9.42. The van der Waals surface area contributed by atoms with Crippen molar-refractivity contribution in [1.29, 1.82) is 0 Å². The van der Waals surface area contributed by atoms with Crippen molar-refractivity contribution in [2.24, 2.45) is 0 Å². The molecule has 1 aromatic heterocycles. The van der Waals surface area contributed by atoms with Crippen molar-refractivity contribution in [2.45, 2.75) is 45.4 Å². The normalized spacial score (nSPS) is 16.6. The van der Waals surface area contributed by atoms with Gasteiger partial charge in [0.05, 0.1) is 0 Å². The highest BCUT2D eigenvalue weighted by molar-refractivity contribution is 5.32. The Hall–Kier alpha value is -0.850. The van der Waals surface area contributed by atoms with Crippen LogP contribution in [0.15, 0.2) is 12.3 Å². The van der Waals surface area contributed by atoms with Crippen LogP contribution in [0.2, 0.25) is 0 Å². The summed E-state index contributed by atoms with van der Waals surface area (Å²) in [6, 6.07) is 2.30. The Morgan fingerprint density at radius 1 is 1.38 bits per heavy atom. The third kappa shape index (κ3) is 1.74. The molecule has 1 aliphatic rings. The molecule has 1 aromatic rings. The molecule has 0 atom stereocenters. The molecule has 0 aliphatic heterocycles. The van der Waals surface area contributed by atoms with Crippen molar-refractivity contribution in [3.8, 4) is 0 Å². The maximum atomic E-state index is 4.45. The van der Waals surface area contributed by atoms with Crippen LogP contribution in [0.25, 0.3) is 0 Å². The molecule has 0 unspecified atom stereocenters. The summed E-state index contributed by atoms with van der Waals surface area (Å²) in [6.45, 7) is 6.58. The van der Waals surface area contributed by atoms with Gasteiger partial charge in [0.1, 0.15) is 0 Å². The van der Waals surface area contributed by atoms with Gasteiger partial charge in [-0.05, 0) is 48.8 Å². The van der Waals surface area contributed by atoms with Gasteiger partial charge in [-0.3, -0.25) is 4.98 Å². The lowest BCUT2D eigenvalue weighted by Crippen LogP contribution is -1.96. The maximum absolute atomic E-state index is 4.45. The van der Waals surface area contributed by atoms with E-state index in [4.69, 9.17) is 0 Å². The van der Waals surface area contributed by atoms with E-state index in [0.717, 1.165) is 5.92 Å². The molecule has 0 N–H and O–H groups in total. The van der Waals surface area contributed by atoms with Crippen molar-refractivity contribution in [3.05, 3.63) is 29.1 Å². The molecule has 0 bridgehead atoms. The molecule has 1 aliphatic carbocycles. The summed E-state index contributed by atoms with van der Waals surface area (Å²) in [5.41, 5.74) is 4.15. The summed E-state index contributed by atoms with van der Waals surface area (Å²) in [5, 5.41) is 0. The summed E-state index contributed by atoms with van der Waals surface area (Å²) in [6.07, 6.45) is 4.79. The largest absolute Gasteiger partial charge is 0.261 e. The predicted molar refractivity (Wildman–Crippen MR) is 55.0 cm³/mol. The average Bonchev–Trinajstić information content (AvgIpc) is 2.87. The molecule has 1 heterocycles. The SMILES string of the molecule is Cc1cnc(C(C)C)cc1C1CC1. The van der Waals surface area contributed by atoms with Crippen LogP contribution in [0, 0.1) is 6.92 Å². The number of rotatable bonds is 2. The highest BCUT2D eigenvalue weighted by Gasteiger charge is 2.25. The first kappa shape index (κ1) is 8.74. The molecule has 0 amide bonds. The summed E-state index contributed by atoms with van der Waals surface area (Å²) in [5.74, 6) is 1.40. The lowest BCUT2D eigenvalue weighted by atomic mass is 10.0. The topological polar surface area (TPSA) is 12.9 Å². The van der Waals surface area contributed by atoms with Crippen LogP contribution in [0.3, 0.4) is 0 Å². The Balaban J connectivity index is 2.36. The summed E-state index contributed by atoms with van der Waals surface area (Å²) < 4.78 is 0. The monoisotopic (exact) mass is 175 g/mol. The van der Waals surface area contributed by atoms with Gasteiger partial charge in [-0.15, -0.1) is 0 Å². The molecule has 1 saturated carbocycles. The third-order valence-corrected chi connectivity index (χ3v) is 2.77. The molecule has 2 rings (SSSR count). The molecule has 0 saturated heterocycles. The lowest BCUT2D eigenvalue weighted by molar-refractivity contribution is 0.814. The van der Waals surface area contributed by atoms with Gasteiger partial charge in [0.25, 0.3) is 0 Å². The fourth-order valence-electron chi connectivity index (χ4n) is 1.71. The van der Waals surface area contributed by atoms with E-state index in [-0.39, 0.29) is 0 Å². The summed E-state index contributed by atoms with van der Waals surface area (Å²) in [4.78, 5) is 4.45. The van der Waals surface area contributed by atoms with E-state index in [1.54, 1.807) is 5.56 Å². The zero-order valence-electron chi connectivity index (χ0n) is 8.67. The first-order valence-corrected chi connectivity index (χ1v) is 5.15. The van der Waals surface area contributed by atoms with Crippen LogP contribution < -0.4 is 0 Å². The molecule has 1 fully saturated rings. The molecule has 1 nitrogen and oxygen atoms in total. The first-order chi connectivity index (χ1) is 6.18. The van der Waals surface area contributed by atoms with E-state index in [9.17, 15) is 0 Å². The van der Waals surface area contributed by atoms with Crippen molar-refractivity contribution in [2.75, 3.05) is 0 Å². The van der Waals surface area contributed by atoms with Gasteiger partial charge < -0.3 is 0 Å². The van der Waals surface area contributed by atoms with Gasteiger partial charge in [0.15, 0.2) is 0 Å². The quantitative estimate of drug-likeness (QED) is 0.671. The van der Waals surface area contributed by atoms with Gasteiger partial charge in [0, 0.05) is 11.9 Å². The van der Waals surface area contributed by atoms with Gasteiger partial charge >= 0.3 is 0 Å². The van der Waals surface area contributed by atoms with E-state index in [1.165, 1.54) is 24.1 Å². The van der Waals surface area contributed by atoms with Crippen molar-refractivity contribution in [1.82, 2.24) is 4.98 Å². The molecule has 1 heteroatoms. The highest BCUT2D eigenvalue weighted by Crippen LogP contribution is 2.41. The summed E-state index contributed by atoms with van der Waals surface area (Å²) in [7, 11) is 0. The second-order valence-electron chi connectivity index (χ2n) is 4.39. The Labute approximate surface area is 80.2 Å². The van der Waals surface area contributed by atoms with Gasteiger partial charge in [-0.2, -0.15) is 0 Å². The Bertz CT molecular complexity index is 311. The molecule has 0 radical (unpaired) electrons. The van der Waals surface area contributed by atoms with Crippen LogP contribution in [0.1, 0.15) is 55.3 Å². The van der Waals surface area contributed by atoms with Crippen molar-refractivity contribution in [3.63, 3.8) is 0 Å². The van der Waals surface area contributed by atoms with E-state index >= 15 is 0 Å². The van der Waals surface area contributed by atoms with Crippen LogP contribution in [0.5, 0.6) is 0 Å². The number of pyridine rings is 1. The van der Waals surface area contributed by atoms with Gasteiger partial charge in [0.2, 0.25) is 0 Å². The standard InChI is InChI=1S/C12H17N/c1-8(2)12-6-11(10-4-5-10)9(3)7-13-12/h6-8,10H,4-5H2,1-3H3. The molecular weight excluding hydrogens is 158 g/mol. The minimum Gasteiger partial charge on any atom is -0.261 e. The van der Waals surface area contributed by atoms with E-state index < -0.39 is 0 Å². The molecular formula is C12H17N. The Kier molecular flexibility index (Phi) is 2.10. The fourth-order valence-corrected chi connectivity index (χ4v) is 1.71. The number of aromatic nitrogens is 1. The maximum Gasteiger partial charge on any atom is 0.0432 e. The second-order valence-corrected chi connectivity index (χ2v) is 4.39. The molecule has 13 heavy (non-hydrogen) atoms. The zero-order valence-corrected chi connectivity index (χ0v) is 8.67. The van der Waals surface area contributed by atoms with Crippen molar-refractivity contribution < 1.29 is 0 Å². The average molecular weight is 175 g/mol. The summed E-state index contributed by atoms with van der Waals surface area (Å²) >= 11 is 0. The van der Waals surface area contributed by atoms with Gasteiger partial charge in [-0.1, -0.05) is 13.8 Å². The lowest BCUT2D eigenvalue weighted by Gasteiger charge is -2.09. The molecule has 0 aromatic carbocycles. The number of hydrogen-bond acceptors (Lipinski definition) is 1. The Morgan fingerprint density at radius 3 is 2.62 bits per heavy atom. The van der Waals surface area contributed by atoms with Crippen LogP contribution >= 0.6 is 0 Å². The number of aryl methyl sites for hydroxylation is 1. The number of hydrogen-bond donors (Lipinski definition) is 0. The van der Waals surface area contributed by atoms with Crippen LogP contribution in [-0.2, 0) is 0 Å². The molecule has 70 valence electrons. The fraction of sp³-hybridized carbons (Fsp3) is 0.583. The first-order valence-electron chi connectivity index (χ1n) is 5.15. The second kappa shape index (κ2) is 3.13. The Morgan fingerprint density at radius 2 is 2.08 bits per heavy atom. The van der Waals surface area contributed by atoms with Crippen molar-refractivity contribution >= 4 is 0 Å². The van der Waals surface area contributed by atoms with E-state index in [0.29, 0.717) is 5.92 Å². The third-order valence-electron chi connectivity index (χ3n) is 2.77. The van der Waals surface area contributed by atoms with Crippen LogP contribution in [-0.4, -0.2) is 4.98 Å². The molecule has 0 spiro atoms. The predicted octanol–water partition coefficient (Wildman–Crippen LogP) is 3.39. The van der Waals surface area contributed by atoms with Gasteiger partial charge in [-0.25, -0.2) is 0 Å². The van der Waals surface area contributed by atoms with Crippen LogP contribution in [0.4, 0.5) is 0 Å². The minimum atomic E-state index is 0.554. The van der Waals surface area contributed by atoms with E-state index in [1.807, 2.05) is 6.20 Å². The highest BCUT2D eigenvalue weighted by atomic mass is 14.7. The number of nitrogens with zero attached hydrogens (tertiary/aromatic N) is 1. The van der Waals surface area contributed by atoms with E-state index in [2.05, 4.69) is 31.8 Å². The minimum absolute atomic E-state index is 0.554. The smallest absolute Gasteiger partial charge is 0.0432 e.